The van der Waals surface area contributed by atoms with Gasteiger partial charge in [-0.1, -0.05) is 91.0 Å². The number of likely N-dealkylation sites (tertiary alicyclic amines) is 1. The van der Waals surface area contributed by atoms with E-state index in [0.717, 1.165) is 43.6 Å². The van der Waals surface area contributed by atoms with Gasteiger partial charge >= 0.3 is 6.03 Å². The quantitative estimate of drug-likeness (QED) is 0.0982. The van der Waals surface area contributed by atoms with Crippen molar-refractivity contribution in [2.75, 3.05) is 31.5 Å². The summed E-state index contributed by atoms with van der Waals surface area (Å²) >= 11 is 0. The molecule has 0 aliphatic carbocycles. The van der Waals surface area contributed by atoms with Crippen molar-refractivity contribution in [3.05, 3.63) is 120 Å². The molecule has 0 saturated carbocycles. The maximum absolute atomic E-state index is 13.2. The molecule has 0 bridgehead atoms. The summed E-state index contributed by atoms with van der Waals surface area (Å²) in [5.41, 5.74) is 4.28. The van der Waals surface area contributed by atoms with E-state index in [1.54, 1.807) is 11.5 Å². The van der Waals surface area contributed by atoms with Crippen LogP contribution in [0.15, 0.2) is 97.3 Å². The molecule has 4 heterocycles. The van der Waals surface area contributed by atoms with Crippen molar-refractivity contribution < 1.29 is 24.5 Å². The van der Waals surface area contributed by atoms with Gasteiger partial charge in [0, 0.05) is 44.7 Å². The number of anilines is 1. The number of hydrogen-bond acceptors (Lipinski definition) is 10. The molecule has 5 aromatic rings. The Kier molecular flexibility index (Phi) is 12.3. The average molecular weight is 748 g/mol. The van der Waals surface area contributed by atoms with Crippen molar-refractivity contribution in [2.45, 2.75) is 75.8 Å². The molecule has 2 aromatic heterocycles. The third-order valence-corrected chi connectivity index (χ3v) is 10.3. The van der Waals surface area contributed by atoms with E-state index in [1.807, 2.05) is 42.5 Å². The minimum absolute atomic E-state index is 0.0196. The van der Waals surface area contributed by atoms with Crippen molar-refractivity contribution in [2.24, 2.45) is 0 Å². The zero-order valence-electron chi connectivity index (χ0n) is 30.9. The molecular formula is C41H49N9O5. The average Bonchev–Trinajstić information content (AvgIpc) is 3.75. The van der Waals surface area contributed by atoms with Crippen LogP contribution in [0.25, 0.3) is 11.2 Å². The lowest BCUT2D eigenvalue weighted by Crippen LogP contribution is -2.47. The Morgan fingerprint density at radius 2 is 1.53 bits per heavy atom. The molecule has 288 valence electrons. The van der Waals surface area contributed by atoms with Crippen LogP contribution in [0.4, 0.5) is 10.6 Å². The second-order valence-electron chi connectivity index (χ2n) is 14.1. The van der Waals surface area contributed by atoms with E-state index >= 15 is 0 Å². The first kappa shape index (κ1) is 37.9. The lowest BCUT2D eigenvalue weighted by atomic mass is 9.91. The standard InChI is InChI=1S/C41H49N9O5/c1-2-42-34(51)22-32-36(52)37(53)40(55-32)50-26-45-35-38(43-23-31(28-14-8-4-9-15-28)29-16-10-5-11-17-29)47-33(48-39(35)50)24-44-41(54)46-30-18-20-49(21-19-30)25-27-12-6-3-7-13-27/h3-17,26,30-32,36-37,40,52-53H,2,18-25H2,1H3,(H,42,51)(H,43,47,48)(H2,44,46,54)/t32-,36+,37+,40+/m0/s1. The highest BCUT2D eigenvalue weighted by Gasteiger charge is 2.45. The fourth-order valence-electron chi connectivity index (χ4n) is 7.40. The number of hydrogen-bond donors (Lipinski definition) is 6. The zero-order valence-corrected chi connectivity index (χ0v) is 30.9. The Balaban J connectivity index is 1.09. The first-order valence-electron chi connectivity index (χ1n) is 19.0. The third kappa shape index (κ3) is 9.28. The number of amides is 3. The molecule has 4 atom stereocenters. The van der Waals surface area contributed by atoms with Crippen LogP contribution >= 0.6 is 0 Å². The lowest BCUT2D eigenvalue weighted by molar-refractivity contribution is -0.125. The number of carbonyl (C=O) groups is 2. The van der Waals surface area contributed by atoms with Crippen molar-refractivity contribution in [1.82, 2.24) is 40.4 Å². The summed E-state index contributed by atoms with van der Waals surface area (Å²) in [4.78, 5) is 42.1. The monoisotopic (exact) mass is 747 g/mol. The minimum atomic E-state index is -1.35. The summed E-state index contributed by atoms with van der Waals surface area (Å²) in [7, 11) is 0. The number of piperidine rings is 1. The highest BCUT2D eigenvalue weighted by molar-refractivity contribution is 5.83. The van der Waals surface area contributed by atoms with Gasteiger partial charge in [-0.2, -0.15) is 0 Å². The fourth-order valence-corrected chi connectivity index (χ4v) is 7.40. The van der Waals surface area contributed by atoms with Crippen molar-refractivity contribution >= 4 is 28.9 Å². The smallest absolute Gasteiger partial charge is 0.315 e. The van der Waals surface area contributed by atoms with Crippen molar-refractivity contribution in [1.29, 1.82) is 0 Å². The van der Waals surface area contributed by atoms with Gasteiger partial charge in [-0.05, 0) is 36.5 Å². The van der Waals surface area contributed by atoms with Crippen molar-refractivity contribution in [3.8, 4) is 0 Å². The molecule has 2 aliphatic heterocycles. The Hall–Kier alpha value is -5.41. The minimum Gasteiger partial charge on any atom is -0.388 e. The van der Waals surface area contributed by atoms with Crippen LogP contribution in [-0.4, -0.2) is 97.1 Å². The molecule has 0 radical (unpaired) electrons. The second-order valence-corrected chi connectivity index (χ2v) is 14.1. The van der Waals surface area contributed by atoms with Crippen LogP contribution in [0, 0.1) is 0 Å². The number of aromatic nitrogens is 4. The number of aliphatic hydroxyl groups is 2. The summed E-state index contributed by atoms with van der Waals surface area (Å²) in [6.45, 7) is 5.40. The van der Waals surface area contributed by atoms with Gasteiger partial charge in [-0.15, -0.1) is 0 Å². The summed E-state index contributed by atoms with van der Waals surface area (Å²) in [5.74, 6) is 0.438. The van der Waals surface area contributed by atoms with Crippen LogP contribution in [0.3, 0.4) is 0 Å². The number of benzene rings is 3. The Bertz CT molecular complexity index is 1970. The largest absolute Gasteiger partial charge is 0.388 e. The predicted molar refractivity (Wildman–Crippen MR) is 208 cm³/mol. The maximum Gasteiger partial charge on any atom is 0.315 e. The third-order valence-electron chi connectivity index (χ3n) is 10.3. The number of nitrogens with one attached hydrogen (secondary N) is 4. The Labute approximate surface area is 320 Å². The number of urea groups is 1. The number of ether oxygens (including phenoxy) is 1. The number of nitrogens with zero attached hydrogens (tertiary/aromatic N) is 5. The van der Waals surface area contributed by atoms with Crippen LogP contribution in [0.1, 0.15) is 60.8 Å². The predicted octanol–water partition coefficient (Wildman–Crippen LogP) is 3.68. The molecule has 6 N–H and O–H groups in total. The Morgan fingerprint density at radius 3 is 2.18 bits per heavy atom. The SMILES string of the molecule is CCNC(=O)C[C@@H]1O[C@@H](n2cnc3c(NCC(c4ccccc4)c4ccccc4)nc(CNC(=O)NC4CCN(Cc5ccccc5)CC4)nc32)[C@H](O)[C@@H]1O. The molecule has 7 rings (SSSR count). The van der Waals surface area contributed by atoms with Gasteiger partial charge in [0.1, 0.15) is 12.2 Å². The maximum atomic E-state index is 13.2. The molecule has 3 amide bonds. The molecule has 2 aliphatic rings. The van der Waals surface area contributed by atoms with Gasteiger partial charge < -0.3 is 36.2 Å². The second kappa shape index (κ2) is 17.8. The van der Waals surface area contributed by atoms with E-state index in [9.17, 15) is 19.8 Å². The van der Waals surface area contributed by atoms with E-state index in [1.165, 1.54) is 11.9 Å². The first-order valence-corrected chi connectivity index (χ1v) is 19.0. The summed E-state index contributed by atoms with van der Waals surface area (Å²) < 4.78 is 7.62. The lowest BCUT2D eigenvalue weighted by Gasteiger charge is -2.32. The molecule has 55 heavy (non-hydrogen) atoms. The van der Waals surface area contributed by atoms with Crippen LogP contribution in [0.5, 0.6) is 0 Å². The van der Waals surface area contributed by atoms with E-state index in [0.29, 0.717) is 35.9 Å². The highest BCUT2D eigenvalue weighted by Crippen LogP contribution is 2.34. The number of imidazole rings is 1. The molecule has 2 fully saturated rings. The normalized spacial score (nSPS) is 20.4. The molecule has 0 spiro atoms. The number of carbonyl (C=O) groups excluding carboxylic acids is 2. The molecule has 0 unspecified atom stereocenters. The number of aliphatic hydroxyl groups excluding tert-OH is 2. The van der Waals surface area contributed by atoms with Gasteiger partial charge in [0.2, 0.25) is 5.91 Å². The topological polar surface area (TPSA) is 179 Å². The molecule has 14 heteroatoms. The van der Waals surface area contributed by atoms with Crippen molar-refractivity contribution in [3.63, 3.8) is 0 Å². The summed E-state index contributed by atoms with van der Waals surface area (Å²) in [5, 5.41) is 34.2. The van der Waals surface area contributed by atoms with E-state index in [4.69, 9.17) is 14.7 Å². The molecule has 2 saturated heterocycles. The van der Waals surface area contributed by atoms with Gasteiger partial charge in [-0.3, -0.25) is 14.3 Å². The van der Waals surface area contributed by atoms with Gasteiger partial charge in [0.05, 0.1) is 25.4 Å². The van der Waals surface area contributed by atoms with E-state index < -0.39 is 24.5 Å². The number of rotatable bonds is 14. The van der Waals surface area contributed by atoms with Gasteiger partial charge in [0.25, 0.3) is 0 Å². The zero-order chi connectivity index (χ0) is 38.1. The molecular weight excluding hydrogens is 699 g/mol. The molecule has 14 nitrogen and oxygen atoms in total. The van der Waals surface area contributed by atoms with E-state index in [-0.39, 0.29) is 36.9 Å². The van der Waals surface area contributed by atoms with Crippen LogP contribution < -0.4 is 21.3 Å². The van der Waals surface area contributed by atoms with Gasteiger partial charge in [-0.25, -0.2) is 19.7 Å². The summed E-state index contributed by atoms with van der Waals surface area (Å²) in [6.07, 6.45) is -1.61. The highest BCUT2D eigenvalue weighted by atomic mass is 16.6. The summed E-state index contributed by atoms with van der Waals surface area (Å²) in [6, 6.07) is 30.5. The Morgan fingerprint density at radius 1 is 0.873 bits per heavy atom. The molecule has 3 aromatic carbocycles. The van der Waals surface area contributed by atoms with Crippen LogP contribution in [0.2, 0.25) is 0 Å². The van der Waals surface area contributed by atoms with Gasteiger partial charge in [0.15, 0.2) is 29.0 Å². The van der Waals surface area contributed by atoms with Crippen LogP contribution in [-0.2, 0) is 22.6 Å². The number of fused-ring (bicyclic) bond motifs is 1. The van der Waals surface area contributed by atoms with E-state index in [2.05, 4.69) is 79.7 Å². The first-order chi connectivity index (χ1) is 26.9. The fraction of sp³-hybridized carbons (Fsp3) is 0.390.